The Morgan fingerprint density at radius 1 is 1.26 bits per heavy atom. The molecule has 0 unspecified atom stereocenters. The fraction of sp³-hybridized carbons (Fsp3) is 0.300. The summed E-state index contributed by atoms with van der Waals surface area (Å²) in [6.45, 7) is 3.66. The molecule has 1 fully saturated rings. The van der Waals surface area contributed by atoms with Gasteiger partial charge in [-0.15, -0.1) is 12.4 Å². The second-order valence-electron chi connectivity index (χ2n) is 6.73. The van der Waals surface area contributed by atoms with Crippen molar-refractivity contribution in [2.45, 2.75) is 26.2 Å². The molecule has 1 aromatic carbocycles. The molecule has 0 atom stereocenters. The van der Waals surface area contributed by atoms with Crippen molar-refractivity contribution in [2.24, 2.45) is 0 Å². The Labute approximate surface area is 169 Å². The summed E-state index contributed by atoms with van der Waals surface area (Å²) in [6.07, 6.45) is 6.95. The molecule has 0 bridgehead atoms. The highest BCUT2D eigenvalue weighted by Gasteiger charge is 2.23. The first-order valence-electron chi connectivity index (χ1n) is 8.92. The molecule has 1 saturated heterocycles. The number of aryl methyl sites for hydroxylation is 1. The van der Waals surface area contributed by atoms with Crippen molar-refractivity contribution in [1.29, 1.82) is 0 Å². The first kappa shape index (κ1) is 19.5. The van der Waals surface area contributed by atoms with Crippen LogP contribution in [0, 0.1) is 6.92 Å². The molecule has 3 heterocycles. The quantitative estimate of drug-likeness (QED) is 0.620. The van der Waals surface area contributed by atoms with Crippen LogP contribution in [0.1, 0.15) is 35.2 Å². The highest BCUT2D eigenvalue weighted by molar-refractivity contribution is 6.30. The fourth-order valence-corrected chi connectivity index (χ4v) is 3.73. The standard InChI is InChI=1S/C20H21ClN4O.ClH/c1-13-11-22-18-17(13)16(20(26)25-8-3-2-4-9-25)12-23-19(18)24-15-7-5-6-14(21)10-15;/h5-7,10-12,22H,2-4,8-9H2,1H3,(H,23,24);1H. The molecule has 2 N–H and O–H groups in total. The van der Waals surface area contributed by atoms with Crippen LogP contribution in [0.4, 0.5) is 11.5 Å². The molecule has 1 aliphatic rings. The predicted octanol–water partition coefficient (Wildman–Crippen LogP) is 5.32. The molecule has 4 rings (SSSR count). The number of carbonyl (C=O) groups is 1. The minimum atomic E-state index is 0. The molecule has 1 amide bonds. The van der Waals surface area contributed by atoms with Gasteiger partial charge in [0.2, 0.25) is 0 Å². The number of likely N-dealkylation sites (tertiary alicyclic amines) is 1. The average molecular weight is 405 g/mol. The number of benzene rings is 1. The van der Waals surface area contributed by atoms with Gasteiger partial charge in [-0.1, -0.05) is 17.7 Å². The van der Waals surface area contributed by atoms with E-state index in [1.165, 1.54) is 6.42 Å². The first-order valence-corrected chi connectivity index (χ1v) is 9.30. The fourth-order valence-electron chi connectivity index (χ4n) is 3.54. The van der Waals surface area contributed by atoms with Crippen LogP contribution in [-0.4, -0.2) is 33.9 Å². The van der Waals surface area contributed by atoms with Crippen LogP contribution in [0.3, 0.4) is 0 Å². The Hall–Kier alpha value is -2.24. The first-order chi connectivity index (χ1) is 12.6. The number of halogens is 2. The number of rotatable bonds is 3. The lowest BCUT2D eigenvalue weighted by Gasteiger charge is -2.27. The molecule has 0 spiro atoms. The maximum atomic E-state index is 13.0. The van der Waals surface area contributed by atoms with Gasteiger partial charge in [0.25, 0.3) is 5.91 Å². The monoisotopic (exact) mass is 404 g/mol. The van der Waals surface area contributed by atoms with Crippen molar-refractivity contribution in [3.8, 4) is 0 Å². The topological polar surface area (TPSA) is 61.0 Å². The summed E-state index contributed by atoms with van der Waals surface area (Å²) in [7, 11) is 0. The van der Waals surface area contributed by atoms with Crippen molar-refractivity contribution in [3.05, 3.63) is 52.8 Å². The van der Waals surface area contributed by atoms with Crippen LogP contribution in [-0.2, 0) is 0 Å². The number of aromatic nitrogens is 2. The molecule has 27 heavy (non-hydrogen) atoms. The lowest BCUT2D eigenvalue weighted by molar-refractivity contribution is 0.0726. The van der Waals surface area contributed by atoms with Gasteiger partial charge in [0, 0.05) is 41.6 Å². The molecular formula is C20H22Cl2N4O. The van der Waals surface area contributed by atoms with Gasteiger partial charge in [0.1, 0.15) is 0 Å². The molecule has 0 radical (unpaired) electrons. The zero-order valence-corrected chi connectivity index (χ0v) is 16.7. The van der Waals surface area contributed by atoms with E-state index in [2.05, 4.69) is 15.3 Å². The van der Waals surface area contributed by atoms with Gasteiger partial charge in [-0.25, -0.2) is 4.98 Å². The van der Waals surface area contributed by atoms with E-state index < -0.39 is 0 Å². The van der Waals surface area contributed by atoms with Crippen molar-refractivity contribution >= 4 is 52.3 Å². The van der Waals surface area contributed by atoms with Gasteiger partial charge in [-0.3, -0.25) is 4.79 Å². The summed E-state index contributed by atoms with van der Waals surface area (Å²) in [4.78, 5) is 22.7. The molecule has 0 saturated carbocycles. The van der Waals surface area contributed by atoms with Crippen LogP contribution in [0.15, 0.2) is 36.7 Å². The summed E-state index contributed by atoms with van der Waals surface area (Å²) in [5, 5.41) is 4.88. The van der Waals surface area contributed by atoms with E-state index in [1.807, 2.05) is 42.3 Å². The molecule has 0 aliphatic carbocycles. The third-order valence-corrected chi connectivity index (χ3v) is 5.10. The normalized spacial score (nSPS) is 14.1. The third kappa shape index (κ3) is 3.89. The van der Waals surface area contributed by atoms with Gasteiger partial charge in [0.05, 0.1) is 11.1 Å². The van der Waals surface area contributed by atoms with E-state index in [0.717, 1.165) is 48.1 Å². The maximum Gasteiger partial charge on any atom is 0.256 e. The van der Waals surface area contributed by atoms with Gasteiger partial charge in [-0.05, 0) is 49.9 Å². The number of nitrogens with zero attached hydrogens (tertiary/aromatic N) is 2. The smallest absolute Gasteiger partial charge is 0.256 e. The van der Waals surface area contributed by atoms with E-state index in [-0.39, 0.29) is 18.3 Å². The van der Waals surface area contributed by atoms with Gasteiger partial charge in [-0.2, -0.15) is 0 Å². The summed E-state index contributed by atoms with van der Waals surface area (Å²) >= 11 is 6.07. The summed E-state index contributed by atoms with van der Waals surface area (Å²) < 4.78 is 0. The van der Waals surface area contributed by atoms with Gasteiger partial charge in [0.15, 0.2) is 5.82 Å². The van der Waals surface area contributed by atoms with Crippen molar-refractivity contribution < 1.29 is 4.79 Å². The Balaban J connectivity index is 0.00000210. The zero-order chi connectivity index (χ0) is 18.1. The summed E-state index contributed by atoms with van der Waals surface area (Å²) in [6, 6.07) is 7.49. The van der Waals surface area contributed by atoms with E-state index in [1.54, 1.807) is 6.20 Å². The number of piperidine rings is 1. The molecule has 3 aromatic rings. The average Bonchev–Trinajstić information content (AvgIpc) is 3.05. The Morgan fingerprint density at radius 2 is 2.04 bits per heavy atom. The summed E-state index contributed by atoms with van der Waals surface area (Å²) in [5.41, 5.74) is 3.40. The second kappa shape index (κ2) is 8.19. The third-order valence-electron chi connectivity index (χ3n) is 4.87. The van der Waals surface area contributed by atoms with Crippen LogP contribution in [0.25, 0.3) is 10.9 Å². The minimum Gasteiger partial charge on any atom is -0.358 e. The van der Waals surface area contributed by atoms with Crippen LogP contribution in [0.2, 0.25) is 5.02 Å². The Bertz CT molecular complexity index is 964. The number of hydrogen-bond acceptors (Lipinski definition) is 3. The Morgan fingerprint density at radius 3 is 2.78 bits per heavy atom. The second-order valence-corrected chi connectivity index (χ2v) is 7.17. The number of aromatic amines is 1. The molecule has 142 valence electrons. The molecular weight excluding hydrogens is 383 g/mol. The van der Waals surface area contributed by atoms with E-state index in [4.69, 9.17) is 11.6 Å². The van der Waals surface area contributed by atoms with Crippen LogP contribution >= 0.6 is 24.0 Å². The molecule has 2 aromatic heterocycles. The largest absolute Gasteiger partial charge is 0.358 e. The number of carbonyl (C=O) groups excluding carboxylic acids is 1. The molecule has 1 aliphatic heterocycles. The van der Waals surface area contributed by atoms with Crippen molar-refractivity contribution in [1.82, 2.24) is 14.9 Å². The summed E-state index contributed by atoms with van der Waals surface area (Å²) in [5.74, 6) is 0.754. The minimum absolute atomic E-state index is 0. The van der Waals surface area contributed by atoms with Crippen LogP contribution in [0.5, 0.6) is 0 Å². The lowest BCUT2D eigenvalue weighted by Crippen LogP contribution is -2.35. The van der Waals surface area contributed by atoms with E-state index in [0.29, 0.717) is 16.4 Å². The highest BCUT2D eigenvalue weighted by atomic mass is 35.5. The van der Waals surface area contributed by atoms with Crippen LogP contribution < -0.4 is 5.32 Å². The number of anilines is 2. The number of hydrogen-bond donors (Lipinski definition) is 2. The predicted molar refractivity (Wildman–Crippen MR) is 113 cm³/mol. The van der Waals surface area contributed by atoms with Crippen molar-refractivity contribution in [3.63, 3.8) is 0 Å². The number of pyridine rings is 1. The molecule has 7 heteroatoms. The molecule has 5 nitrogen and oxygen atoms in total. The van der Waals surface area contributed by atoms with Crippen molar-refractivity contribution in [2.75, 3.05) is 18.4 Å². The number of H-pyrrole nitrogens is 1. The number of amides is 1. The zero-order valence-electron chi connectivity index (χ0n) is 15.1. The number of nitrogens with one attached hydrogen (secondary N) is 2. The maximum absolute atomic E-state index is 13.0. The van der Waals surface area contributed by atoms with Gasteiger partial charge >= 0.3 is 0 Å². The van der Waals surface area contributed by atoms with E-state index in [9.17, 15) is 4.79 Å². The van der Waals surface area contributed by atoms with E-state index >= 15 is 0 Å². The van der Waals surface area contributed by atoms with Gasteiger partial charge < -0.3 is 15.2 Å². The highest BCUT2D eigenvalue weighted by Crippen LogP contribution is 2.30. The SMILES string of the molecule is Cc1c[nH]c2c(Nc3cccc(Cl)c3)ncc(C(=O)N3CCCCC3)c12.Cl. The number of fused-ring (bicyclic) bond motifs is 1. The lowest BCUT2D eigenvalue weighted by atomic mass is 10.1. The Kier molecular flexibility index (Phi) is 5.92.